The molecule has 0 unspecified atom stereocenters. The Morgan fingerprint density at radius 1 is 1.31 bits per heavy atom. The van der Waals surface area contributed by atoms with E-state index in [9.17, 15) is 19.1 Å². The number of aliphatic hydroxyl groups excluding tert-OH is 1. The van der Waals surface area contributed by atoms with Gasteiger partial charge in [0.2, 0.25) is 5.91 Å². The predicted molar refractivity (Wildman–Crippen MR) is 104 cm³/mol. The van der Waals surface area contributed by atoms with Gasteiger partial charge in [-0.05, 0) is 43.7 Å². The van der Waals surface area contributed by atoms with E-state index in [2.05, 4.69) is 15.5 Å². The summed E-state index contributed by atoms with van der Waals surface area (Å²) >= 11 is 0. The first-order valence-electron chi connectivity index (χ1n) is 10.1. The van der Waals surface area contributed by atoms with Gasteiger partial charge in [0.25, 0.3) is 5.91 Å². The van der Waals surface area contributed by atoms with Crippen LogP contribution < -0.4 is 5.32 Å². The van der Waals surface area contributed by atoms with Crippen LogP contribution in [0.15, 0.2) is 24.3 Å². The molecule has 2 heterocycles. The van der Waals surface area contributed by atoms with E-state index in [0.717, 1.165) is 30.5 Å². The van der Waals surface area contributed by atoms with E-state index < -0.39 is 12.0 Å². The highest BCUT2D eigenvalue weighted by molar-refractivity contribution is 5.94. The molecule has 1 aromatic carbocycles. The average Bonchev–Trinajstić information content (AvgIpc) is 3.33. The minimum absolute atomic E-state index is 0.146. The highest BCUT2D eigenvalue weighted by Gasteiger charge is 2.37. The number of carbonyl (C=O) groups is 2. The van der Waals surface area contributed by atoms with Crippen LogP contribution in [-0.4, -0.2) is 57.8 Å². The van der Waals surface area contributed by atoms with Crippen LogP contribution in [0.4, 0.5) is 4.39 Å². The molecule has 2 atom stereocenters. The molecule has 2 aromatic rings. The van der Waals surface area contributed by atoms with Crippen molar-refractivity contribution in [3.8, 4) is 0 Å². The number of carbonyl (C=O) groups excluding carboxylic acids is 2. The van der Waals surface area contributed by atoms with E-state index in [1.54, 1.807) is 23.1 Å². The number of likely N-dealkylation sites (tertiary alicyclic amines) is 1. The Morgan fingerprint density at radius 3 is 2.97 bits per heavy atom. The number of rotatable bonds is 5. The largest absolute Gasteiger partial charge is 0.392 e. The molecule has 2 aliphatic rings. The second-order valence-corrected chi connectivity index (χ2v) is 7.73. The molecule has 0 spiro atoms. The van der Waals surface area contributed by atoms with Crippen LogP contribution >= 0.6 is 0 Å². The number of aryl methyl sites for hydroxylation is 1. The fourth-order valence-corrected chi connectivity index (χ4v) is 4.18. The third kappa shape index (κ3) is 4.03. The standard InChI is InChI=1S/C21H25FN4O3/c22-16-6-2-1-4-13(16)8-10-23-20(28)15-12-26(11-9-18(15)27)21(29)19-14-5-3-7-17(14)24-25-19/h1-2,4,6,15,18,27H,3,5,7-12H2,(H,23,28)(H,24,25)/t15-,18+/m0/s1. The molecular formula is C21H25FN4O3. The highest BCUT2D eigenvalue weighted by atomic mass is 19.1. The summed E-state index contributed by atoms with van der Waals surface area (Å²) in [5.74, 6) is -1.53. The molecule has 1 aliphatic heterocycles. The minimum atomic E-state index is -0.808. The van der Waals surface area contributed by atoms with Crippen LogP contribution in [-0.2, 0) is 24.1 Å². The summed E-state index contributed by atoms with van der Waals surface area (Å²) in [6, 6.07) is 6.44. The minimum Gasteiger partial charge on any atom is -0.392 e. The lowest BCUT2D eigenvalue weighted by Crippen LogP contribution is -2.52. The first kappa shape index (κ1) is 19.6. The Balaban J connectivity index is 1.36. The molecule has 8 heteroatoms. The van der Waals surface area contributed by atoms with Gasteiger partial charge < -0.3 is 15.3 Å². The number of H-pyrrole nitrogens is 1. The van der Waals surface area contributed by atoms with E-state index in [4.69, 9.17) is 0 Å². The fourth-order valence-electron chi connectivity index (χ4n) is 4.18. The van der Waals surface area contributed by atoms with Crippen molar-refractivity contribution >= 4 is 11.8 Å². The van der Waals surface area contributed by atoms with Crippen LogP contribution in [0.3, 0.4) is 0 Å². The van der Waals surface area contributed by atoms with Crippen molar-refractivity contribution in [2.45, 2.75) is 38.2 Å². The summed E-state index contributed by atoms with van der Waals surface area (Å²) in [4.78, 5) is 27.1. The van der Waals surface area contributed by atoms with Gasteiger partial charge in [0, 0.05) is 30.9 Å². The van der Waals surface area contributed by atoms with Gasteiger partial charge in [0.1, 0.15) is 5.82 Å². The summed E-state index contributed by atoms with van der Waals surface area (Å²) in [6.45, 7) is 0.803. The lowest BCUT2D eigenvalue weighted by atomic mass is 9.93. The average molecular weight is 400 g/mol. The molecule has 1 fully saturated rings. The second kappa shape index (κ2) is 8.32. The number of nitrogens with one attached hydrogen (secondary N) is 2. The number of hydrogen-bond donors (Lipinski definition) is 3. The Bertz CT molecular complexity index is 913. The van der Waals surface area contributed by atoms with Crippen molar-refractivity contribution < 1.29 is 19.1 Å². The molecule has 4 rings (SSSR count). The second-order valence-electron chi connectivity index (χ2n) is 7.73. The van der Waals surface area contributed by atoms with Crippen LogP contribution in [0.5, 0.6) is 0 Å². The molecule has 1 aliphatic carbocycles. The lowest BCUT2D eigenvalue weighted by molar-refractivity contribution is -0.130. The van der Waals surface area contributed by atoms with Gasteiger partial charge in [-0.2, -0.15) is 5.10 Å². The molecular weight excluding hydrogens is 375 g/mol. The molecule has 2 amide bonds. The van der Waals surface area contributed by atoms with E-state index in [1.165, 1.54) is 6.07 Å². The molecule has 0 saturated carbocycles. The first-order chi connectivity index (χ1) is 14.0. The maximum Gasteiger partial charge on any atom is 0.274 e. The number of halogens is 1. The van der Waals surface area contributed by atoms with E-state index >= 15 is 0 Å². The maximum atomic E-state index is 13.7. The zero-order valence-corrected chi connectivity index (χ0v) is 16.2. The normalized spacial score (nSPS) is 21.1. The Morgan fingerprint density at radius 2 is 2.14 bits per heavy atom. The third-order valence-electron chi connectivity index (χ3n) is 5.86. The van der Waals surface area contributed by atoms with E-state index in [-0.39, 0.29) is 30.7 Å². The number of nitrogens with zero attached hydrogens (tertiary/aromatic N) is 2. The number of aliphatic hydroxyl groups is 1. The Kier molecular flexibility index (Phi) is 5.62. The van der Waals surface area contributed by atoms with Gasteiger partial charge in [-0.3, -0.25) is 14.7 Å². The van der Waals surface area contributed by atoms with Crippen molar-refractivity contribution in [3.05, 3.63) is 52.6 Å². The van der Waals surface area contributed by atoms with Crippen LogP contribution in [0.25, 0.3) is 0 Å². The molecule has 0 bridgehead atoms. The molecule has 1 aromatic heterocycles. The highest BCUT2D eigenvalue weighted by Crippen LogP contribution is 2.26. The molecule has 3 N–H and O–H groups in total. The number of amides is 2. The van der Waals surface area contributed by atoms with E-state index in [0.29, 0.717) is 30.6 Å². The number of hydrogen-bond acceptors (Lipinski definition) is 4. The smallest absolute Gasteiger partial charge is 0.274 e. The zero-order chi connectivity index (χ0) is 20.4. The topological polar surface area (TPSA) is 98.3 Å². The zero-order valence-electron chi connectivity index (χ0n) is 16.2. The number of benzene rings is 1. The van der Waals surface area contributed by atoms with E-state index in [1.807, 2.05) is 0 Å². The number of aromatic nitrogens is 2. The van der Waals surface area contributed by atoms with Crippen molar-refractivity contribution in [2.75, 3.05) is 19.6 Å². The molecule has 1 saturated heterocycles. The van der Waals surface area contributed by atoms with Crippen molar-refractivity contribution in [3.63, 3.8) is 0 Å². The van der Waals surface area contributed by atoms with Gasteiger partial charge >= 0.3 is 0 Å². The van der Waals surface area contributed by atoms with Crippen molar-refractivity contribution in [1.82, 2.24) is 20.4 Å². The number of aromatic amines is 1. The molecule has 29 heavy (non-hydrogen) atoms. The monoisotopic (exact) mass is 400 g/mol. The number of fused-ring (bicyclic) bond motifs is 1. The van der Waals surface area contributed by atoms with Crippen LogP contribution in [0.2, 0.25) is 0 Å². The van der Waals surface area contributed by atoms with Crippen molar-refractivity contribution in [2.24, 2.45) is 5.92 Å². The Hall–Kier alpha value is -2.74. The quantitative estimate of drug-likeness (QED) is 0.703. The fraction of sp³-hybridized carbons (Fsp3) is 0.476. The lowest BCUT2D eigenvalue weighted by Gasteiger charge is -2.35. The number of piperidine rings is 1. The van der Waals surface area contributed by atoms with Gasteiger partial charge in [0.05, 0.1) is 12.0 Å². The molecule has 154 valence electrons. The van der Waals surface area contributed by atoms with Crippen molar-refractivity contribution in [1.29, 1.82) is 0 Å². The summed E-state index contributed by atoms with van der Waals surface area (Å²) in [5.41, 5.74) is 2.97. The first-order valence-corrected chi connectivity index (χ1v) is 10.1. The summed E-state index contributed by atoms with van der Waals surface area (Å²) in [5, 5.41) is 20.2. The van der Waals surface area contributed by atoms with Gasteiger partial charge in [-0.25, -0.2) is 4.39 Å². The van der Waals surface area contributed by atoms with Gasteiger partial charge in [-0.15, -0.1) is 0 Å². The van der Waals surface area contributed by atoms with Crippen LogP contribution in [0.1, 0.15) is 40.2 Å². The molecule has 0 radical (unpaired) electrons. The van der Waals surface area contributed by atoms with Gasteiger partial charge in [0.15, 0.2) is 5.69 Å². The maximum absolute atomic E-state index is 13.7. The summed E-state index contributed by atoms with van der Waals surface area (Å²) in [7, 11) is 0. The van der Waals surface area contributed by atoms with Crippen LogP contribution in [0, 0.1) is 11.7 Å². The summed E-state index contributed by atoms with van der Waals surface area (Å²) in [6.07, 6.45) is 2.64. The Labute approximate surface area is 168 Å². The molecule has 7 nitrogen and oxygen atoms in total. The SMILES string of the molecule is O=C(NCCc1ccccc1F)[C@H]1CN(C(=O)c2n[nH]c3c2CCC3)CC[C@H]1O. The van der Waals surface area contributed by atoms with Gasteiger partial charge in [-0.1, -0.05) is 18.2 Å². The third-order valence-corrected chi connectivity index (χ3v) is 5.86. The predicted octanol–water partition coefficient (Wildman–Crippen LogP) is 1.22. The summed E-state index contributed by atoms with van der Waals surface area (Å²) < 4.78 is 13.7.